The van der Waals surface area contributed by atoms with Gasteiger partial charge in [0.2, 0.25) is 0 Å². The predicted molar refractivity (Wildman–Crippen MR) is 58.2 cm³/mol. The van der Waals surface area contributed by atoms with E-state index in [2.05, 4.69) is 32.5 Å². The van der Waals surface area contributed by atoms with Crippen LogP contribution in [0.3, 0.4) is 0 Å². The number of rotatable bonds is 1. The van der Waals surface area contributed by atoms with Gasteiger partial charge in [0.15, 0.2) is 0 Å². The lowest BCUT2D eigenvalue weighted by Gasteiger charge is -2.18. The summed E-state index contributed by atoms with van der Waals surface area (Å²) in [6, 6.07) is 6.02. The maximum absolute atomic E-state index is 5.91. The Morgan fingerprint density at radius 1 is 1.33 bits per heavy atom. The Labute approximate surface area is 84.3 Å². The third kappa shape index (κ3) is 2.18. The molecule has 0 aromatic heterocycles. The van der Waals surface area contributed by atoms with Crippen LogP contribution in [0.5, 0.6) is 0 Å². The second kappa shape index (κ2) is 3.31. The molecule has 0 N–H and O–H groups in total. The van der Waals surface area contributed by atoms with Gasteiger partial charge in [-0.05, 0) is 38.0 Å². The van der Waals surface area contributed by atoms with Gasteiger partial charge in [0, 0.05) is 9.77 Å². The van der Waals surface area contributed by atoms with Crippen LogP contribution in [-0.2, 0) is 4.75 Å². The molecule has 12 heavy (non-hydrogen) atoms. The summed E-state index contributed by atoms with van der Waals surface area (Å²) in [4.78, 5) is 0. The van der Waals surface area contributed by atoms with Gasteiger partial charge >= 0.3 is 0 Å². The van der Waals surface area contributed by atoms with E-state index in [0.29, 0.717) is 0 Å². The summed E-state index contributed by atoms with van der Waals surface area (Å²) >= 11 is 10.4. The number of halogens is 1. The van der Waals surface area contributed by atoms with Gasteiger partial charge in [0.1, 0.15) is 0 Å². The van der Waals surface area contributed by atoms with Gasteiger partial charge < -0.3 is 0 Å². The zero-order valence-corrected chi connectivity index (χ0v) is 9.21. The van der Waals surface area contributed by atoms with E-state index in [9.17, 15) is 0 Å². The Bertz CT molecular complexity index is 286. The number of aryl methyl sites for hydroxylation is 1. The molecule has 0 nitrogen and oxygen atoms in total. The van der Waals surface area contributed by atoms with Crippen molar-refractivity contribution in [2.75, 3.05) is 0 Å². The molecule has 0 unspecified atom stereocenters. The fourth-order valence-electron chi connectivity index (χ4n) is 1.03. The summed E-state index contributed by atoms with van der Waals surface area (Å²) in [5.41, 5.74) is 2.31. The average Bonchev–Trinajstić information content (AvgIpc) is 1.92. The minimum absolute atomic E-state index is 0.0879. The van der Waals surface area contributed by atoms with Gasteiger partial charge in [-0.2, -0.15) is 12.6 Å². The lowest BCUT2D eigenvalue weighted by atomic mass is 10.0. The second-order valence-electron chi connectivity index (χ2n) is 3.52. The Morgan fingerprint density at radius 2 is 1.92 bits per heavy atom. The summed E-state index contributed by atoms with van der Waals surface area (Å²) < 4.78 is -0.0879. The molecule has 66 valence electrons. The van der Waals surface area contributed by atoms with Crippen molar-refractivity contribution in [2.24, 2.45) is 0 Å². The number of benzene rings is 1. The summed E-state index contributed by atoms with van der Waals surface area (Å²) in [7, 11) is 0. The first-order chi connectivity index (χ1) is 5.41. The highest BCUT2D eigenvalue weighted by Crippen LogP contribution is 2.29. The highest BCUT2D eigenvalue weighted by Gasteiger charge is 2.14. The Morgan fingerprint density at radius 3 is 2.33 bits per heavy atom. The summed E-state index contributed by atoms with van der Waals surface area (Å²) in [5.74, 6) is 0. The first kappa shape index (κ1) is 9.94. The lowest BCUT2D eigenvalue weighted by Crippen LogP contribution is -2.07. The molecule has 0 radical (unpaired) electrons. The molecule has 0 bridgehead atoms. The van der Waals surface area contributed by atoms with Crippen LogP contribution in [0.4, 0.5) is 0 Å². The molecule has 0 heterocycles. The Kier molecular flexibility index (Phi) is 2.74. The van der Waals surface area contributed by atoms with E-state index in [4.69, 9.17) is 11.6 Å². The molecule has 1 aromatic rings. The van der Waals surface area contributed by atoms with Crippen molar-refractivity contribution in [2.45, 2.75) is 25.5 Å². The Balaban J connectivity index is 3.14. The first-order valence-corrected chi connectivity index (χ1v) is 4.73. The molecular formula is C10H13ClS. The predicted octanol–water partition coefficient (Wildman–Crippen LogP) is 3.81. The molecule has 1 rings (SSSR count). The van der Waals surface area contributed by atoms with E-state index < -0.39 is 0 Å². The van der Waals surface area contributed by atoms with Crippen LogP contribution < -0.4 is 0 Å². The standard InChI is InChI=1S/C10H13ClS/c1-7-6-8(10(2,3)12)4-5-9(7)11/h4-6,12H,1-3H3. The van der Waals surface area contributed by atoms with E-state index in [1.165, 1.54) is 5.56 Å². The van der Waals surface area contributed by atoms with Crippen LogP contribution in [0, 0.1) is 6.92 Å². The molecular weight excluding hydrogens is 188 g/mol. The maximum Gasteiger partial charge on any atom is 0.0435 e. The molecule has 0 aliphatic rings. The highest BCUT2D eigenvalue weighted by molar-refractivity contribution is 7.81. The molecule has 0 aliphatic carbocycles. The van der Waals surface area contributed by atoms with E-state index >= 15 is 0 Å². The topological polar surface area (TPSA) is 0 Å². The van der Waals surface area contributed by atoms with Crippen LogP contribution >= 0.6 is 24.2 Å². The van der Waals surface area contributed by atoms with Crippen LogP contribution in [0.25, 0.3) is 0 Å². The van der Waals surface area contributed by atoms with Crippen LogP contribution in [-0.4, -0.2) is 0 Å². The molecule has 0 amide bonds. The monoisotopic (exact) mass is 200 g/mol. The van der Waals surface area contributed by atoms with Crippen molar-refractivity contribution in [3.8, 4) is 0 Å². The Hall–Kier alpha value is -0.140. The number of hydrogen-bond acceptors (Lipinski definition) is 1. The normalized spacial score (nSPS) is 11.8. The molecule has 0 spiro atoms. The van der Waals surface area contributed by atoms with Crippen molar-refractivity contribution in [3.05, 3.63) is 34.3 Å². The largest absolute Gasteiger partial charge is 0.168 e. The van der Waals surface area contributed by atoms with E-state index in [1.807, 2.05) is 19.1 Å². The van der Waals surface area contributed by atoms with Gasteiger partial charge in [-0.1, -0.05) is 23.7 Å². The molecule has 2 heteroatoms. The van der Waals surface area contributed by atoms with Gasteiger partial charge in [-0.3, -0.25) is 0 Å². The molecule has 0 saturated carbocycles. The van der Waals surface area contributed by atoms with Crippen molar-refractivity contribution < 1.29 is 0 Å². The number of thiol groups is 1. The van der Waals surface area contributed by atoms with Crippen LogP contribution in [0.15, 0.2) is 18.2 Å². The lowest BCUT2D eigenvalue weighted by molar-refractivity contribution is 0.790. The first-order valence-electron chi connectivity index (χ1n) is 3.90. The molecule has 0 saturated heterocycles. The van der Waals surface area contributed by atoms with Crippen molar-refractivity contribution in [1.82, 2.24) is 0 Å². The third-order valence-corrected chi connectivity index (χ3v) is 2.55. The summed E-state index contributed by atoms with van der Waals surface area (Å²) in [6.45, 7) is 6.14. The fourth-order valence-corrected chi connectivity index (χ4v) is 1.28. The molecule has 1 aromatic carbocycles. The van der Waals surface area contributed by atoms with Crippen LogP contribution in [0.2, 0.25) is 5.02 Å². The zero-order chi connectivity index (χ0) is 9.35. The third-order valence-electron chi connectivity index (χ3n) is 1.86. The second-order valence-corrected chi connectivity index (χ2v) is 5.05. The minimum atomic E-state index is -0.0879. The van der Waals surface area contributed by atoms with Crippen LogP contribution in [0.1, 0.15) is 25.0 Å². The smallest absolute Gasteiger partial charge is 0.0435 e. The maximum atomic E-state index is 5.91. The average molecular weight is 201 g/mol. The van der Waals surface area contributed by atoms with Gasteiger partial charge in [0.25, 0.3) is 0 Å². The van der Waals surface area contributed by atoms with Crippen molar-refractivity contribution >= 4 is 24.2 Å². The SMILES string of the molecule is Cc1cc(C(C)(C)S)ccc1Cl. The van der Waals surface area contributed by atoms with Gasteiger partial charge in [-0.25, -0.2) is 0 Å². The zero-order valence-electron chi connectivity index (χ0n) is 7.56. The van der Waals surface area contributed by atoms with Crippen molar-refractivity contribution in [1.29, 1.82) is 0 Å². The van der Waals surface area contributed by atoms with Crippen molar-refractivity contribution in [3.63, 3.8) is 0 Å². The molecule has 0 fully saturated rings. The molecule has 0 aliphatic heterocycles. The van der Waals surface area contributed by atoms with E-state index in [0.717, 1.165) is 10.6 Å². The summed E-state index contributed by atoms with van der Waals surface area (Å²) in [5, 5.41) is 0.816. The van der Waals surface area contributed by atoms with E-state index in [1.54, 1.807) is 0 Å². The van der Waals surface area contributed by atoms with Gasteiger partial charge in [0.05, 0.1) is 0 Å². The molecule has 0 atom stereocenters. The minimum Gasteiger partial charge on any atom is -0.168 e. The van der Waals surface area contributed by atoms with Gasteiger partial charge in [-0.15, -0.1) is 0 Å². The quantitative estimate of drug-likeness (QED) is 0.655. The fraction of sp³-hybridized carbons (Fsp3) is 0.400. The number of hydrogen-bond donors (Lipinski definition) is 1. The summed E-state index contributed by atoms with van der Waals surface area (Å²) in [6.07, 6.45) is 0. The highest BCUT2D eigenvalue weighted by atomic mass is 35.5. The van der Waals surface area contributed by atoms with E-state index in [-0.39, 0.29) is 4.75 Å².